The highest BCUT2D eigenvalue weighted by atomic mass is 19.4. The Hall–Kier alpha value is -2.41. The van der Waals surface area contributed by atoms with Gasteiger partial charge < -0.3 is 5.73 Å². The summed E-state index contributed by atoms with van der Waals surface area (Å²) < 4.78 is 39.9. The van der Waals surface area contributed by atoms with Crippen LogP contribution in [0.15, 0.2) is 48.5 Å². The molecule has 0 saturated carbocycles. The summed E-state index contributed by atoms with van der Waals surface area (Å²) in [7, 11) is 0. The summed E-state index contributed by atoms with van der Waals surface area (Å²) in [6.45, 7) is 0. The number of nitrogen functional groups attached to an aromatic ring is 1. The van der Waals surface area contributed by atoms with Gasteiger partial charge in [-0.25, -0.2) is 0 Å². The van der Waals surface area contributed by atoms with Crippen LogP contribution in [-0.2, 0) is 0 Å². The zero-order valence-electron chi connectivity index (χ0n) is 10.5. The van der Waals surface area contributed by atoms with Crippen LogP contribution in [0.3, 0.4) is 0 Å². The molecule has 0 amide bonds. The molecule has 1 atom stereocenters. The number of anilines is 1. The fourth-order valence-corrected chi connectivity index (χ4v) is 2.03. The van der Waals surface area contributed by atoms with Crippen LogP contribution in [0.4, 0.5) is 18.9 Å². The molecule has 2 aromatic rings. The minimum absolute atomic E-state index is 0.153. The molecule has 0 heterocycles. The number of alkyl halides is 3. The molecule has 2 N–H and O–H groups in total. The van der Waals surface area contributed by atoms with Crippen LogP contribution >= 0.6 is 0 Å². The Morgan fingerprint density at radius 2 is 1.35 bits per heavy atom. The Morgan fingerprint density at radius 3 is 1.75 bits per heavy atom. The minimum Gasteiger partial charge on any atom is -0.399 e. The SMILES string of the molecule is C#Cc1ccc(C(c2ccc(N)cc2)C(F)(F)F)cc1. The summed E-state index contributed by atoms with van der Waals surface area (Å²) in [4.78, 5) is 0. The molecule has 20 heavy (non-hydrogen) atoms. The molecule has 0 aromatic heterocycles. The Balaban J connectivity index is 2.47. The first kappa shape index (κ1) is 14.0. The van der Waals surface area contributed by atoms with Crippen molar-refractivity contribution in [3.63, 3.8) is 0 Å². The largest absolute Gasteiger partial charge is 0.399 e. The van der Waals surface area contributed by atoms with Gasteiger partial charge in [-0.2, -0.15) is 13.2 Å². The van der Waals surface area contributed by atoms with Crippen LogP contribution in [0.5, 0.6) is 0 Å². The lowest BCUT2D eigenvalue weighted by Crippen LogP contribution is -2.22. The molecular weight excluding hydrogens is 263 g/mol. The third-order valence-corrected chi connectivity index (χ3v) is 3.01. The zero-order chi connectivity index (χ0) is 14.8. The van der Waals surface area contributed by atoms with Crippen LogP contribution in [0, 0.1) is 12.3 Å². The van der Waals surface area contributed by atoms with Gasteiger partial charge in [-0.15, -0.1) is 6.42 Å². The van der Waals surface area contributed by atoms with E-state index < -0.39 is 12.1 Å². The van der Waals surface area contributed by atoms with Gasteiger partial charge in [-0.1, -0.05) is 30.2 Å². The smallest absolute Gasteiger partial charge is 0.399 e. The maximum Gasteiger partial charge on any atom is 0.399 e. The summed E-state index contributed by atoms with van der Waals surface area (Å²) in [5.74, 6) is 0.696. The zero-order valence-corrected chi connectivity index (χ0v) is 10.5. The van der Waals surface area contributed by atoms with E-state index in [0.717, 1.165) is 0 Å². The molecule has 1 unspecified atom stereocenters. The molecular formula is C16H12F3N. The van der Waals surface area contributed by atoms with Gasteiger partial charge in [0.2, 0.25) is 0 Å². The quantitative estimate of drug-likeness (QED) is 0.652. The number of benzene rings is 2. The van der Waals surface area contributed by atoms with Crippen LogP contribution in [0.2, 0.25) is 0 Å². The highest BCUT2D eigenvalue weighted by molar-refractivity contribution is 5.44. The van der Waals surface area contributed by atoms with Gasteiger partial charge in [0.15, 0.2) is 0 Å². The van der Waals surface area contributed by atoms with Crippen molar-refractivity contribution >= 4 is 5.69 Å². The third kappa shape index (κ3) is 2.94. The molecule has 0 aliphatic heterocycles. The predicted molar refractivity (Wildman–Crippen MR) is 73.1 cm³/mol. The predicted octanol–water partition coefficient (Wildman–Crippen LogP) is 3.94. The van der Waals surface area contributed by atoms with Crippen molar-refractivity contribution in [2.45, 2.75) is 12.1 Å². The van der Waals surface area contributed by atoms with Crippen LogP contribution in [0.25, 0.3) is 0 Å². The topological polar surface area (TPSA) is 26.0 Å². The van der Waals surface area contributed by atoms with Crippen molar-refractivity contribution in [2.24, 2.45) is 0 Å². The lowest BCUT2D eigenvalue weighted by atomic mass is 9.90. The molecule has 4 heteroatoms. The Kier molecular flexibility index (Phi) is 3.71. The van der Waals surface area contributed by atoms with Crippen LogP contribution < -0.4 is 5.73 Å². The van der Waals surface area contributed by atoms with Gasteiger partial charge >= 0.3 is 6.18 Å². The monoisotopic (exact) mass is 275 g/mol. The number of halogens is 3. The molecule has 2 rings (SSSR count). The van der Waals surface area contributed by atoms with Gasteiger partial charge in [0, 0.05) is 11.3 Å². The van der Waals surface area contributed by atoms with E-state index >= 15 is 0 Å². The molecule has 0 fully saturated rings. The Morgan fingerprint density at radius 1 is 0.900 bits per heavy atom. The standard InChI is InChI=1S/C16H12F3N/c1-2-11-3-5-12(6-4-11)15(16(17,18)19)13-7-9-14(20)10-8-13/h1,3-10,15H,20H2. The molecule has 1 nitrogen and oxygen atoms in total. The van der Waals surface area contributed by atoms with E-state index in [4.69, 9.17) is 12.2 Å². The Bertz CT molecular complexity index is 619. The number of nitrogens with two attached hydrogens (primary N) is 1. The van der Waals surface area contributed by atoms with Gasteiger partial charge in [-0.05, 0) is 35.4 Å². The Labute approximate surface area is 115 Å². The average Bonchev–Trinajstić information content (AvgIpc) is 2.41. The van der Waals surface area contributed by atoms with Crippen molar-refractivity contribution in [1.82, 2.24) is 0 Å². The van der Waals surface area contributed by atoms with E-state index in [2.05, 4.69) is 5.92 Å². The molecule has 0 aliphatic rings. The molecule has 0 aliphatic carbocycles. The van der Waals surface area contributed by atoms with Crippen molar-refractivity contribution in [3.8, 4) is 12.3 Å². The van der Waals surface area contributed by atoms with E-state index in [-0.39, 0.29) is 11.1 Å². The normalized spacial score (nSPS) is 12.7. The molecule has 2 aromatic carbocycles. The number of terminal acetylenes is 1. The van der Waals surface area contributed by atoms with Crippen molar-refractivity contribution in [1.29, 1.82) is 0 Å². The van der Waals surface area contributed by atoms with Crippen molar-refractivity contribution < 1.29 is 13.2 Å². The molecule has 0 saturated heterocycles. The summed E-state index contributed by atoms with van der Waals surface area (Å²) >= 11 is 0. The first-order chi connectivity index (χ1) is 9.41. The molecule has 0 spiro atoms. The maximum atomic E-state index is 13.3. The lowest BCUT2D eigenvalue weighted by Gasteiger charge is -2.21. The second kappa shape index (κ2) is 5.30. The third-order valence-electron chi connectivity index (χ3n) is 3.01. The van der Waals surface area contributed by atoms with E-state index in [1.807, 2.05) is 0 Å². The van der Waals surface area contributed by atoms with Gasteiger partial charge in [-0.3, -0.25) is 0 Å². The van der Waals surface area contributed by atoms with Crippen molar-refractivity contribution in [2.75, 3.05) is 5.73 Å². The fraction of sp³-hybridized carbons (Fsp3) is 0.125. The second-order valence-electron chi connectivity index (χ2n) is 4.41. The molecule has 0 radical (unpaired) electrons. The lowest BCUT2D eigenvalue weighted by molar-refractivity contribution is -0.141. The molecule has 0 bridgehead atoms. The second-order valence-corrected chi connectivity index (χ2v) is 4.41. The molecule has 102 valence electrons. The summed E-state index contributed by atoms with van der Waals surface area (Å²) in [6.07, 6.45) is 0.822. The summed E-state index contributed by atoms with van der Waals surface area (Å²) in [5, 5.41) is 0. The van der Waals surface area contributed by atoms with Crippen LogP contribution in [0.1, 0.15) is 22.6 Å². The maximum absolute atomic E-state index is 13.3. The van der Waals surface area contributed by atoms with E-state index in [9.17, 15) is 13.2 Å². The van der Waals surface area contributed by atoms with E-state index in [1.54, 1.807) is 0 Å². The first-order valence-corrected chi connectivity index (χ1v) is 5.90. The highest BCUT2D eigenvalue weighted by Crippen LogP contribution is 2.40. The van der Waals surface area contributed by atoms with Gasteiger partial charge in [0.25, 0.3) is 0 Å². The van der Waals surface area contributed by atoms with Gasteiger partial charge in [0.05, 0.1) is 0 Å². The van der Waals surface area contributed by atoms with Gasteiger partial charge in [0.1, 0.15) is 5.92 Å². The van der Waals surface area contributed by atoms with E-state index in [0.29, 0.717) is 11.3 Å². The average molecular weight is 275 g/mol. The first-order valence-electron chi connectivity index (χ1n) is 5.90. The highest BCUT2D eigenvalue weighted by Gasteiger charge is 2.41. The van der Waals surface area contributed by atoms with Crippen LogP contribution in [-0.4, -0.2) is 6.18 Å². The number of rotatable bonds is 2. The number of hydrogen-bond acceptors (Lipinski definition) is 1. The summed E-state index contributed by atoms with van der Waals surface area (Å²) in [6, 6.07) is 11.5. The minimum atomic E-state index is -4.38. The fourth-order valence-electron chi connectivity index (χ4n) is 2.03. The van der Waals surface area contributed by atoms with E-state index in [1.165, 1.54) is 48.5 Å². The van der Waals surface area contributed by atoms with Crippen molar-refractivity contribution in [3.05, 3.63) is 65.2 Å². The summed E-state index contributed by atoms with van der Waals surface area (Å²) in [5.41, 5.74) is 6.79. The number of hydrogen-bond donors (Lipinski definition) is 1.